The lowest BCUT2D eigenvalue weighted by atomic mass is 9.93. The summed E-state index contributed by atoms with van der Waals surface area (Å²) >= 11 is 1.55. The van der Waals surface area contributed by atoms with Crippen molar-refractivity contribution >= 4 is 40.2 Å². The van der Waals surface area contributed by atoms with E-state index in [0.717, 1.165) is 25.7 Å². The lowest BCUT2D eigenvalue weighted by Crippen LogP contribution is -2.41. The second kappa shape index (κ2) is 10.8. The van der Waals surface area contributed by atoms with Gasteiger partial charge in [-0.25, -0.2) is 10.3 Å². The summed E-state index contributed by atoms with van der Waals surface area (Å²) in [5, 5.41) is 14.4. The first-order chi connectivity index (χ1) is 15.2. The molecule has 0 saturated heterocycles. The van der Waals surface area contributed by atoms with Gasteiger partial charge in [0.25, 0.3) is 9.77 Å². The highest BCUT2D eigenvalue weighted by atomic mass is 127. The SMILES string of the molecule is CC(F)(I)Oc1ccc(NC(=O)N[C@H]2CC[C@H](Oc3ccc(C(=O)NO)cc3)CC2)cc1. The van der Waals surface area contributed by atoms with E-state index in [2.05, 4.69) is 10.6 Å². The molecule has 8 nitrogen and oxygen atoms in total. The van der Waals surface area contributed by atoms with Crippen molar-refractivity contribution in [3.63, 3.8) is 0 Å². The standard InChI is InChI=1S/C22H25FIN3O5/c1-22(23,24)32-19-12-6-16(7-13-19)26-21(29)25-15-4-10-18(11-5-15)31-17-8-2-14(3-9-17)20(28)27-30/h2-3,6-9,12-13,15,18,30H,4-5,10-11H2,1H3,(H,27,28)(H2,25,26,29)/t15-,18-,22?. The molecule has 3 amide bonds. The molecule has 32 heavy (non-hydrogen) atoms. The zero-order valence-corrected chi connectivity index (χ0v) is 19.6. The number of hydrogen-bond donors (Lipinski definition) is 4. The number of anilines is 1. The van der Waals surface area contributed by atoms with Gasteiger partial charge in [-0.15, -0.1) is 0 Å². The molecule has 2 aromatic carbocycles. The van der Waals surface area contributed by atoms with Gasteiger partial charge >= 0.3 is 6.03 Å². The number of hydrogen-bond acceptors (Lipinski definition) is 5. The number of carbonyl (C=O) groups excluding carboxylic acids is 2. The van der Waals surface area contributed by atoms with Gasteiger partial charge < -0.3 is 20.1 Å². The van der Waals surface area contributed by atoms with Crippen molar-refractivity contribution in [2.45, 2.75) is 48.6 Å². The first kappa shape index (κ1) is 24.1. The molecule has 4 N–H and O–H groups in total. The van der Waals surface area contributed by atoms with Crippen LogP contribution in [-0.4, -0.2) is 33.2 Å². The van der Waals surface area contributed by atoms with Gasteiger partial charge in [0.05, 0.1) is 6.10 Å². The molecule has 0 radical (unpaired) electrons. The number of benzene rings is 2. The normalized spacial score (nSPS) is 19.9. The van der Waals surface area contributed by atoms with Gasteiger partial charge in [-0.2, -0.15) is 4.39 Å². The van der Waals surface area contributed by atoms with Crippen LogP contribution in [0, 0.1) is 0 Å². The number of alkyl halides is 2. The van der Waals surface area contributed by atoms with E-state index in [4.69, 9.17) is 14.7 Å². The molecule has 1 saturated carbocycles. The average molecular weight is 557 g/mol. The second-order valence-corrected chi connectivity index (χ2v) is 9.52. The van der Waals surface area contributed by atoms with Crippen LogP contribution in [0.5, 0.6) is 11.5 Å². The summed E-state index contributed by atoms with van der Waals surface area (Å²) in [6, 6.07) is 12.8. The summed E-state index contributed by atoms with van der Waals surface area (Å²) in [7, 11) is 0. The molecule has 1 fully saturated rings. The van der Waals surface area contributed by atoms with Crippen molar-refractivity contribution in [2.24, 2.45) is 0 Å². The maximum absolute atomic E-state index is 13.5. The van der Waals surface area contributed by atoms with E-state index >= 15 is 0 Å². The molecule has 0 aliphatic heterocycles. The van der Waals surface area contributed by atoms with Crippen LogP contribution in [0.3, 0.4) is 0 Å². The van der Waals surface area contributed by atoms with Crippen LogP contribution in [0.4, 0.5) is 14.9 Å². The highest BCUT2D eigenvalue weighted by molar-refractivity contribution is 14.1. The van der Waals surface area contributed by atoms with Gasteiger partial charge in [0, 0.05) is 46.8 Å². The maximum atomic E-state index is 13.5. The Bertz CT molecular complexity index is 911. The molecule has 10 heteroatoms. The number of halogens is 2. The van der Waals surface area contributed by atoms with Gasteiger partial charge in [-0.1, -0.05) is 0 Å². The monoisotopic (exact) mass is 557 g/mol. The predicted molar refractivity (Wildman–Crippen MR) is 125 cm³/mol. The summed E-state index contributed by atoms with van der Waals surface area (Å²) in [5.74, 6) is 0.450. The molecule has 0 aromatic heterocycles. The van der Waals surface area contributed by atoms with E-state index in [1.807, 2.05) is 0 Å². The van der Waals surface area contributed by atoms with Crippen LogP contribution in [0.1, 0.15) is 43.0 Å². The zero-order valence-electron chi connectivity index (χ0n) is 17.4. The molecule has 1 aliphatic rings. The third-order valence-electron chi connectivity index (χ3n) is 4.94. The number of urea groups is 1. The van der Waals surface area contributed by atoms with Crippen LogP contribution in [0.15, 0.2) is 48.5 Å². The molecule has 3 rings (SSSR count). The summed E-state index contributed by atoms with van der Waals surface area (Å²) < 4.78 is 22.8. The fourth-order valence-electron chi connectivity index (χ4n) is 3.43. The van der Waals surface area contributed by atoms with Crippen molar-refractivity contribution in [3.05, 3.63) is 54.1 Å². The van der Waals surface area contributed by atoms with Crippen molar-refractivity contribution in [1.29, 1.82) is 0 Å². The third-order valence-corrected chi connectivity index (χ3v) is 5.16. The molecule has 0 spiro atoms. The highest BCUT2D eigenvalue weighted by Crippen LogP contribution is 2.27. The van der Waals surface area contributed by atoms with E-state index in [1.165, 1.54) is 6.92 Å². The van der Waals surface area contributed by atoms with Gasteiger partial charge in [-0.3, -0.25) is 10.0 Å². The van der Waals surface area contributed by atoms with Crippen LogP contribution in [-0.2, 0) is 0 Å². The summed E-state index contributed by atoms with van der Waals surface area (Å²) in [5.41, 5.74) is 2.51. The van der Waals surface area contributed by atoms with Crippen LogP contribution in [0.2, 0.25) is 0 Å². The van der Waals surface area contributed by atoms with Crippen LogP contribution >= 0.6 is 22.6 Å². The van der Waals surface area contributed by atoms with Gasteiger partial charge in [-0.05, 0) is 74.2 Å². The van der Waals surface area contributed by atoms with E-state index in [1.54, 1.807) is 76.6 Å². The van der Waals surface area contributed by atoms with Crippen molar-refractivity contribution < 1.29 is 28.7 Å². The second-order valence-electron chi connectivity index (χ2n) is 7.59. The van der Waals surface area contributed by atoms with Gasteiger partial charge in [0.15, 0.2) is 0 Å². The third kappa shape index (κ3) is 7.52. The quantitative estimate of drug-likeness (QED) is 0.170. The molecule has 0 heterocycles. The van der Waals surface area contributed by atoms with Crippen molar-refractivity contribution in [2.75, 3.05) is 5.32 Å². The van der Waals surface area contributed by atoms with Crippen LogP contribution < -0.4 is 25.6 Å². The zero-order chi connectivity index (χ0) is 23.1. The first-order valence-electron chi connectivity index (χ1n) is 10.2. The largest absolute Gasteiger partial charge is 0.490 e. The Balaban J connectivity index is 1.40. The molecule has 172 valence electrons. The van der Waals surface area contributed by atoms with Gasteiger partial charge in [0.1, 0.15) is 11.5 Å². The molecule has 2 aromatic rings. The van der Waals surface area contributed by atoms with Crippen LogP contribution in [0.25, 0.3) is 0 Å². The Morgan fingerprint density at radius 3 is 2.19 bits per heavy atom. The highest BCUT2D eigenvalue weighted by Gasteiger charge is 2.24. The summed E-state index contributed by atoms with van der Waals surface area (Å²) in [6.07, 6.45) is 3.16. The topological polar surface area (TPSA) is 109 Å². The van der Waals surface area contributed by atoms with E-state index in [-0.39, 0.29) is 18.2 Å². The molecule has 1 unspecified atom stereocenters. The number of hydroxylamine groups is 1. The lowest BCUT2D eigenvalue weighted by molar-refractivity contribution is 0.0672. The number of rotatable bonds is 7. The lowest BCUT2D eigenvalue weighted by Gasteiger charge is -2.29. The Labute approximate surface area is 199 Å². The fourth-order valence-corrected chi connectivity index (χ4v) is 3.69. The Morgan fingerprint density at radius 1 is 1.03 bits per heavy atom. The molecule has 1 atom stereocenters. The Kier molecular flexibility index (Phi) is 8.13. The van der Waals surface area contributed by atoms with E-state index in [0.29, 0.717) is 22.7 Å². The number of nitrogens with one attached hydrogen (secondary N) is 3. The fraction of sp³-hybridized carbons (Fsp3) is 0.364. The number of ether oxygens (including phenoxy) is 2. The number of amides is 3. The maximum Gasteiger partial charge on any atom is 0.319 e. The molecule has 0 bridgehead atoms. The van der Waals surface area contributed by atoms with Crippen molar-refractivity contribution in [3.8, 4) is 11.5 Å². The first-order valence-corrected chi connectivity index (χ1v) is 11.3. The van der Waals surface area contributed by atoms with E-state index < -0.39 is 9.77 Å². The smallest absolute Gasteiger partial charge is 0.319 e. The Morgan fingerprint density at radius 2 is 1.62 bits per heavy atom. The number of carbonyl (C=O) groups is 2. The minimum atomic E-state index is -1.80. The molecular formula is C22H25FIN3O5. The van der Waals surface area contributed by atoms with Gasteiger partial charge in [0.2, 0.25) is 0 Å². The summed E-state index contributed by atoms with van der Waals surface area (Å²) in [6.45, 7) is 1.31. The molecule has 1 aliphatic carbocycles. The minimum Gasteiger partial charge on any atom is -0.490 e. The minimum absolute atomic E-state index is 0.0280. The van der Waals surface area contributed by atoms with Crippen molar-refractivity contribution in [1.82, 2.24) is 10.8 Å². The average Bonchev–Trinajstić information content (AvgIpc) is 2.75. The molecular weight excluding hydrogens is 532 g/mol. The summed E-state index contributed by atoms with van der Waals surface area (Å²) in [4.78, 5) is 23.6. The predicted octanol–water partition coefficient (Wildman–Crippen LogP) is 4.77. The van der Waals surface area contributed by atoms with E-state index in [9.17, 15) is 14.0 Å². The Hall–Kier alpha value is -2.60.